The molecule has 1 unspecified atom stereocenters. The number of fused-ring (bicyclic) bond motifs is 1. The first-order chi connectivity index (χ1) is 21.0. The van der Waals surface area contributed by atoms with Gasteiger partial charge in [0.1, 0.15) is 35.2 Å². The number of ether oxygens (including phenoxy) is 2. The number of aromatic hydroxyl groups is 1. The van der Waals surface area contributed by atoms with Gasteiger partial charge in [0.25, 0.3) is 0 Å². The average molecular weight is 586 g/mol. The van der Waals surface area contributed by atoms with Gasteiger partial charge < -0.3 is 25.0 Å². The van der Waals surface area contributed by atoms with Crippen molar-refractivity contribution in [2.45, 2.75) is 19.4 Å². The number of hydrogen-bond donors (Lipinski definition) is 3. The van der Waals surface area contributed by atoms with Crippen molar-refractivity contribution in [2.24, 2.45) is 7.05 Å². The summed E-state index contributed by atoms with van der Waals surface area (Å²) in [5.41, 5.74) is 3.01. The molecule has 43 heavy (non-hydrogen) atoms. The Morgan fingerprint density at radius 1 is 1.09 bits per heavy atom. The van der Waals surface area contributed by atoms with E-state index in [-0.39, 0.29) is 18.5 Å². The van der Waals surface area contributed by atoms with Gasteiger partial charge in [-0.25, -0.2) is 19.6 Å². The average Bonchev–Trinajstić information content (AvgIpc) is 3.57. The fourth-order valence-corrected chi connectivity index (χ4v) is 5.09. The van der Waals surface area contributed by atoms with E-state index >= 15 is 0 Å². The third kappa shape index (κ3) is 6.28. The van der Waals surface area contributed by atoms with Crippen LogP contribution in [-0.4, -0.2) is 95.7 Å². The van der Waals surface area contributed by atoms with Crippen LogP contribution in [0.4, 0.5) is 11.6 Å². The van der Waals surface area contributed by atoms with E-state index in [9.17, 15) is 10.2 Å². The molecule has 1 atom stereocenters. The van der Waals surface area contributed by atoms with Crippen LogP contribution in [0.3, 0.4) is 0 Å². The topological polar surface area (TPSA) is 148 Å². The summed E-state index contributed by atoms with van der Waals surface area (Å²) >= 11 is 0. The Morgan fingerprint density at radius 3 is 2.74 bits per heavy atom. The van der Waals surface area contributed by atoms with Gasteiger partial charge in [0.2, 0.25) is 5.88 Å². The second-order valence-corrected chi connectivity index (χ2v) is 10.5. The molecule has 0 amide bonds. The Bertz CT molecular complexity index is 1700. The predicted molar refractivity (Wildman–Crippen MR) is 161 cm³/mol. The zero-order chi connectivity index (χ0) is 29.8. The Kier molecular flexibility index (Phi) is 8.45. The van der Waals surface area contributed by atoms with Crippen molar-refractivity contribution in [3.05, 3.63) is 55.0 Å². The molecule has 5 aromatic rings. The maximum Gasteiger partial charge on any atom is 0.220 e. The number of morpholine rings is 1. The highest BCUT2D eigenvalue weighted by molar-refractivity contribution is 5.94. The largest absolute Gasteiger partial charge is 0.493 e. The van der Waals surface area contributed by atoms with Crippen molar-refractivity contribution in [2.75, 3.05) is 51.4 Å². The molecule has 13 nitrogen and oxygen atoms in total. The second kappa shape index (κ2) is 12.7. The smallest absolute Gasteiger partial charge is 0.220 e. The zero-order valence-electron chi connectivity index (χ0n) is 24.2. The van der Waals surface area contributed by atoms with Gasteiger partial charge in [-0.05, 0) is 31.5 Å². The summed E-state index contributed by atoms with van der Waals surface area (Å²) in [6.07, 6.45) is 5.47. The van der Waals surface area contributed by atoms with E-state index in [1.165, 1.54) is 10.9 Å². The van der Waals surface area contributed by atoms with Crippen molar-refractivity contribution in [1.82, 2.24) is 39.4 Å². The number of anilines is 2. The summed E-state index contributed by atoms with van der Waals surface area (Å²) < 4.78 is 14.8. The molecule has 0 aliphatic carbocycles. The molecule has 0 saturated carbocycles. The van der Waals surface area contributed by atoms with Crippen LogP contribution in [-0.2, 0) is 11.8 Å². The van der Waals surface area contributed by atoms with E-state index in [2.05, 4.69) is 30.3 Å². The minimum atomic E-state index is -0.0522. The zero-order valence-corrected chi connectivity index (χ0v) is 24.2. The van der Waals surface area contributed by atoms with E-state index in [0.717, 1.165) is 60.8 Å². The quantitative estimate of drug-likeness (QED) is 0.209. The van der Waals surface area contributed by atoms with Gasteiger partial charge in [-0.1, -0.05) is 12.1 Å². The predicted octanol–water partition coefficient (Wildman–Crippen LogP) is 3.39. The third-order valence-corrected chi connectivity index (χ3v) is 7.50. The minimum Gasteiger partial charge on any atom is -0.493 e. The van der Waals surface area contributed by atoms with Crippen molar-refractivity contribution >= 4 is 22.5 Å². The summed E-state index contributed by atoms with van der Waals surface area (Å²) in [7, 11) is 1.64. The molecule has 4 aromatic heterocycles. The van der Waals surface area contributed by atoms with Gasteiger partial charge in [-0.2, -0.15) is 10.2 Å². The Morgan fingerprint density at radius 2 is 1.95 bits per heavy atom. The first-order valence-corrected chi connectivity index (χ1v) is 14.3. The molecule has 1 fully saturated rings. The first kappa shape index (κ1) is 28.5. The second-order valence-electron chi connectivity index (χ2n) is 10.5. The number of aliphatic hydroxyl groups excluding tert-OH is 1. The van der Waals surface area contributed by atoms with E-state index in [0.29, 0.717) is 36.1 Å². The van der Waals surface area contributed by atoms with Crippen molar-refractivity contribution < 1.29 is 19.7 Å². The van der Waals surface area contributed by atoms with Gasteiger partial charge in [-0.15, -0.1) is 0 Å². The summed E-state index contributed by atoms with van der Waals surface area (Å²) in [5.74, 6) is 2.18. The number of aromatic nitrogens is 7. The van der Waals surface area contributed by atoms with E-state index in [1.54, 1.807) is 25.5 Å². The molecular weight excluding hydrogens is 550 g/mol. The van der Waals surface area contributed by atoms with Crippen LogP contribution >= 0.6 is 0 Å². The lowest BCUT2D eigenvalue weighted by molar-refractivity contribution is 0.0322. The van der Waals surface area contributed by atoms with E-state index in [4.69, 9.17) is 14.6 Å². The van der Waals surface area contributed by atoms with Gasteiger partial charge in [0, 0.05) is 62.7 Å². The molecule has 224 valence electrons. The molecule has 1 saturated heterocycles. The van der Waals surface area contributed by atoms with Crippen LogP contribution in [0.2, 0.25) is 0 Å². The highest BCUT2D eigenvalue weighted by Crippen LogP contribution is 2.33. The van der Waals surface area contributed by atoms with Crippen LogP contribution in [0.5, 0.6) is 11.6 Å². The lowest BCUT2D eigenvalue weighted by atomic mass is 10.1. The Labute approximate surface area is 248 Å². The maximum atomic E-state index is 10.3. The molecule has 0 bridgehead atoms. The number of nitrogens with zero attached hydrogens (tertiary/aromatic N) is 8. The van der Waals surface area contributed by atoms with Crippen LogP contribution < -0.4 is 10.1 Å². The van der Waals surface area contributed by atoms with E-state index in [1.807, 2.05) is 41.9 Å². The van der Waals surface area contributed by atoms with E-state index < -0.39 is 0 Å². The van der Waals surface area contributed by atoms with Gasteiger partial charge >= 0.3 is 0 Å². The SMILES string of the molecule is CC(CCO)n1nc(-c2cccc(OCCN3CCOCC3)c2)c2cnc(Nc3ccnc(-c4cnn(C)c4O)n3)cc21. The van der Waals surface area contributed by atoms with Gasteiger partial charge in [-0.3, -0.25) is 9.58 Å². The molecule has 1 aliphatic rings. The molecule has 3 N–H and O–H groups in total. The van der Waals surface area contributed by atoms with Crippen LogP contribution in [0, 0.1) is 0 Å². The van der Waals surface area contributed by atoms with Crippen molar-refractivity contribution in [3.8, 4) is 34.3 Å². The number of pyridine rings is 1. The standard InChI is InChI=1S/C30H35N9O4/c1-20(7-12-40)39-25-17-27(34-26-6-8-31-29(35-26)24-19-33-37(2)30(24)41)32-18-23(25)28(36-39)21-4-3-5-22(16-21)43-15-11-38-9-13-42-14-10-38/h3-6,8,16-20,40-41H,7,9-15H2,1-2H3,(H,31,32,34,35). The maximum absolute atomic E-state index is 10.3. The number of rotatable bonds is 11. The fraction of sp³-hybridized carbons (Fsp3) is 0.367. The Balaban J connectivity index is 1.27. The first-order valence-electron chi connectivity index (χ1n) is 14.3. The molecule has 1 aliphatic heterocycles. The number of aliphatic hydroxyl groups is 1. The fourth-order valence-electron chi connectivity index (χ4n) is 5.09. The molecular formula is C30H35N9O4. The summed E-state index contributed by atoms with van der Waals surface area (Å²) in [6, 6.07) is 11.5. The summed E-state index contributed by atoms with van der Waals surface area (Å²) in [6.45, 7) is 6.90. The number of nitrogens with one attached hydrogen (secondary N) is 1. The van der Waals surface area contributed by atoms with Gasteiger partial charge in [0.05, 0.1) is 31.0 Å². The van der Waals surface area contributed by atoms with Crippen LogP contribution in [0.15, 0.2) is 55.0 Å². The van der Waals surface area contributed by atoms with Crippen LogP contribution in [0.25, 0.3) is 33.5 Å². The molecule has 5 heterocycles. The molecule has 13 heteroatoms. The number of aryl methyl sites for hydroxylation is 1. The lowest BCUT2D eigenvalue weighted by Crippen LogP contribution is -2.38. The number of benzene rings is 1. The Hall–Kier alpha value is -4.59. The van der Waals surface area contributed by atoms with Crippen molar-refractivity contribution in [1.29, 1.82) is 0 Å². The highest BCUT2D eigenvalue weighted by atomic mass is 16.5. The third-order valence-electron chi connectivity index (χ3n) is 7.50. The lowest BCUT2D eigenvalue weighted by Gasteiger charge is -2.26. The normalized spacial score (nSPS) is 14.7. The molecule has 1 aromatic carbocycles. The number of hydrogen-bond acceptors (Lipinski definition) is 11. The highest BCUT2D eigenvalue weighted by Gasteiger charge is 2.19. The molecule has 6 rings (SSSR count). The molecule has 0 radical (unpaired) electrons. The van der Waals surface area contributed by atoms with Crippen molar-refractivity contribution in [3.63, 3.8) is 0 Å². The molecule has 0 spiro atoms. The van der Waals surface area contributed by atoms with Crippen LogP contribution in [0.1, 0.15) is 19.4 Å². The minimum absolute atomic E-state index is 0.0161. The monoisotopic (exact) mass is 585 g/mol. The van der Waals surface area contributed by atoms with Gasteiger partial charge in [0.15, 0.2) is 5.82 Å². The summed E-state index contributed by atoms with van der Waals surface area (Å²) in [4.78, 5) is 15.8. The summed E-state index contributed by atoms with van der Waals surface area (Å²) in [5, 5.41) is 33.1.